The second-order valence-electron chi connectivity index (χ2n) is 5.74. The number of ketones is 1. The van der Waals surface area contributed by atoms with Crippen molar-refractivity contribution in [2.45, 2.75) is 25.3 Å². The Morgan fingerprint density at radius 3 is 2.67 bits per heavy atom. The zero-order chi connectivity index (χ0) is 16.9. The average Bonchev–Trinajstić information content (AvgIpc) is 2.59. The molecule has 0 saturated heterocycles. The van der Waals surface area contributed by atoms with Crippen molar-refractivity contribution in [1.82, 2.24) is 4.98 Å². The minimum absolute atomic E-state index is 0.0220. The molecule has 1 heterocycles. The van der Waals surface area contributed by atoms with Gasteiger partial charge in [-0.15, -0.1) is 0 Å². The number of halogens is 1. The van der Waals surface area contributed by atoms with Crippen LogP contribution in [-0.4, -0.2) is 22.1 Å². The van der Waals surface area contributed by atoms with Gasteiger partial charge in [0.2, 0.25) is 0 Å². The molecule has 1 unspecified atom stereocenters. The Balaban J connectivity index is 1.70. The molecule has 0 bridgehead atoms. The molecule has 1 aromatic carbocycles. The molecule has 0 saturated carbocycles. The highest BCUT2D eigenvalue weighted by Crippen LogP contribution is 2.32. The van der Waals surface area contributed by atoms with E-state index in [1.165, 1.54) is 6.21 Å². The lowest BCUT2D eigenvalue weighted by Crippen LogP contribution is -2.19. The molecule has 5 heteroatoms. The van der Waals surface area contributed by atoms with E-state index in [0.29, 0.717) is 30.0 Å². The minimum Gasteiger partial charge on any atom is -0.511 e. The van der Waals surface area contributed by atoms with Crippen LogP contribution >= 0.6 is 11.6 Å². The first kappa shape index (κ1) is 16.4. The van der Waals surface area contributed by atoms with Gasteiger partial charge in [-0.3, -0.25) is 14.8 Å². The molecule has 4 nitrogen and oxygen atoms in total. The molecule has 3 rings (SSSR count). The monoisotopic (exact) mass is 340 g/mol. The summed E-state index contributed by atoms with van der Waals surface area (Å²) in [5, 5.41) is 10.8. The Morgan fingerprint density at radius 2 is 2.00 bits per heavy atom. The van der Waals surface area contributed by atoms with Crippen molar-refractivity contribution >= 4 is 23.6 Å². The minimum atomic E-state index is -0.0829. The second kappa shape index (κ2) is 7.41. The smallest absolute Gasteiger partial charge is 0.168 e. The molecule has 0 amide bonds. The van der Waals surface area contributed by atoms with Gasteiger partial charge in [0, 0.05) is 25.3 Å². The van der Waals surface area contributed by atoms with Crippen LogP contribution < -0.4 is 0 Å². The average molecular weight is 341 g/mol. The molecular weight excluding hydrogens is 324 g/mol. The van der Waals surface area contributed by atoms with E-state index < -0.39 is 0 Å². The molecule has 0 aliphatic heterocycles. The van der Waals surface area contributed by atoms with Crippen LogP contribution in [0.3, 0.4) is 0 Å². The summed E-state index contributed by atoms with van der Waals surface area (Å²) in [7, 11) is 0. The fraction of sp³-hybridized carbons (Fsp3) is 0.211. The molecule has 1 atom stereocenters. The molecule has 1 aliphatic carbocycles. The Bertz CT molecular complexity index is 783. The number of benzene rings is 1. The first-order valence-electron chi connectivity index (χ1n) is 7.74. The van der Waals surface area contributed by atoms with Crippen molar-refractivity contribution in [3.63, 3.8) is 0 Å². The van der Waals surface area contributed by atoms with E-state index in [1.807, 2.05) is 30.3 Å². The van der Waals surface area contributed by atoms with E-state index in [1.54, 1.807) is 18.3 Å². The number of hydrogen-bond donors (Lipinski definition) is 1. The topological polar surface area (TPSA) is 62.5 Å². The van der Waals surface area contributed by atoms with Gasteiger partial charge in [0.25, 0.3) is 0 Å². The van der Waals surface area contributed by atoms with Gasteiger partial charge in [-0.05, 0) is 23.6 Å². The van der Waals surface area contributed by atoms with Crippen LogP contribution in [-0.2, 0) is 11.3 Å². The number of nitrogens with zero attached hydrogens (tertiary/aromatic N) is 2. The van der Waals surface area contributed by atoms with Gasteiger partial charge in [-0.25, -0.2) is 0 Å². The Kier molecular flexibility index (Phi) is 5.06. The summed E-state index contributed by atoms with van der Waals surface area (Å²) < 4.78 is 0. The summed E-state index contributed by atoms with van der Waals surface area (Å²) in [5.74, 6) is 0.0436. The van der Waals surface area contributed by atoms with Crippen LogP contribution in [0.4, 0.5) is 0 Å². The molecule has 0 fully saturated rings. The third-order valence-electron chi connectivity index (χ3n) is 4.02. The van der Waals surface area contributed by atoms with Crippen molar-refractivity contribution < 1.29 is 9.90 Å². The Hall–Kier alpha value is -2.46. The summed E-state index contributed by atoms with van der Waals surface area (Å²) in [6, 6.07) is 13.3. The normalized spacial score (nSPS) is 18.4. The van der Waals surface area contributed by atoms with E-state index in [2.05, 4.69) is 9.98 Å². The fourth-order valence-corrected chi connectivity index (χ4v) is 2.86. The highest BCUT2D eigenvalue weighted by atomic mass is 35.5. The molecular formula is C19H17ClN2O2. The molecule has 24 heavy (non-hydrogen) atoms. The summed E-state index contributed by atoms with van der Waals surface area (Å²) in [5.41, 5.74) is 2.12. The van der Waals surface area contributed by atoms with E-state index in [4.69, 9.17) is 11.6 Å². The second-order valence-corrected chi connectivity index (χ2v) is 6.17. The molecule has 0 radical (unpaired) electrons. The number of Topliss-reactive ketones (excluding diaryl/α,β-unsaturated/α-hetero) is 1. The van der Waals surface area contributed by atoms with Crippen LogP contribution in [0.1, 0.15) is 30.0 Å². The van der Waals surface area contributed by atoms with Gasteiger partial charge in [-0.2, -0.15) is 0 Å². The van der Waals surface area contributed by atoms with Gasteiger partial charge >= 0.3 is 0 Å². The predicted molar refractivity (Wildman–Crippen MR) is 94.5 cm³/mol. The number of carbonyl (C=O) groups excluding carboxylic acids is 1. The van der Waals surface area contributed by atoms with Crippen molar-refractivity contribution in [2.75, 3.05) is 0 Å². The Morgan fingerprint density at radius 1 is 1.21 bits per heavy atom. The highest BCUT2D eigenvalue weighted by molar-refractivity contribution is 6.30. The van der Waals surface area contributed by atoms with Crippen molar-refractivity contribution in [1.29, 1.82) is 0 Å². The number of allylic oxidation sites excluding steroid dienone is 2. The number of pyridine rings is 1. The predicted octanol–water partition coefficient (Wildman–Crippen LogP) is 4.26. The summed E-state index contributed by atoms with van der Waals surface area (Å²) in [6.45, 7) is 0.337. The summed E-state index contributed by atoms with van der Waals surface area (Å²) in [4.78, 5) is 20.7. The van der Waals surface area contributed by atoms with Gasteiger partial charge < -0.3 is 5.11 Å². The van der Waals surface area contributed by atoms with Gasteiger partial charge in [-0.1, -0.05) is 41.9 Å². The van der Waals surface area contributed by atoms with Crippen LogP contribution in [0.2, 0.25) is 5.02 Å². The van der Waals surface area contributed by atoms with E-state index >= 15 is 0 Å². The molecule has 1 N–H and O–H groups in total. The molecule has 2 aromatic rings. The van der Waals surface area contributed by atoms with Crippen LogP contribution in [0, 0.1) is 0 Å². The Labute approximate surface area is 145 Å². The summed E-state index contributed by atoms with van der Waals surface area (Å²) in [6.07, 6.45) is 3.85. The first-order valence-corrected chi connectivity index (χ1v) is 8.12. The lowest BCUT2D eigenvalue weighted by Gasteiger charge is -2.22. The number of aliphatic hydroxyl groups is 1. The highest BCUT2D eigenvalue weighted by Gasteiger charge is 2.27. The van der Waals surface area contributed by atoms with Crippen molar-refractivity contribution in [2.24, 2.45) is 4.99 Å². The van der Waals surface area contributed by atoms with Crippen LogP contribution in [0.25, 0.3) is 0 Å². The molecule has 1 aliphatic rings. The zero-order valence-corrected chi connectivity index (χ0v) is 13.8. The third-order valence-corrected chi connectivity index (χ3v) is 4.24. The largest absolute Gasteiger partial charge is 0.511 e. The molecule has 122 valence electrons. The number of aliphatic imine (C=N–C) groups is 1. The molecule has 1 aromatic heterocycles. The fourth-order valence-electron chi connectivity index (χ4n) is 2.75. The van der Waals surface area contributed by atoms with E-state index in [9.17, 15) is 9.90 Å². The molecule has 0 spiro atoms. The maximum Gasteiger partial charge on any atom is 0.168 e. The third kappa shape index (κ3) is 3.89. The van der Waals surface area contributed by atoms with E-state index in [0.717, 1.165) is 11.3 Å². The number of carbonyl (C=O) groups is 1. The SMILES string of the molecule is O=C1CC(c2ccccc2)CC(O)=C1C=NCc1ccc(Cl)cn1. The van der Waals surface area contributed by atoms with Crippen LogP contribution in [0.5, 0.6) is 0 Å². The standard InChI is InChI=1S/C19H17ClN2O2/c20-15-6-7-16(22-10-15)11-21-12-17-18(23)8-14(9-19(17)24)13-4-2-1-3-5-13/h1-7,10,12,14,23H,8-9,11H2. The van der Waals surface area contributed by atoms with Gasteiger partial charge in [0.05, 0.1) is 22.8 Å². The van der Waals surface area contributed by atoms with Gasteiger partial charge in [0.15, 0.2) is 5.78 Å². The first-order chi connectivity index (χ1) is 11.6. The maximum absolute atomic E-state index is 12.3. The van der Waals surface area contributed by atoms with Crippen molar-refractivity contribution in [3.8, 4) is 0 Å². The van der Waals surface area contributed by atoms with Gasteiger partial charge in [0.1, 0.15) is 5.76 Å². The van der Waals surface area contributed by atoms with Crippen molar-refractivity contribution in [3.05, 3.63) is 76.3 Å². The number of rotatable bonds is 4. The maximum atomic E-state index is 12.3. The lowest BCUT2D eigenvalue weighted by atomic mass is 9.83. The lowest BCUT2D eigenvalue weighted by molar-refractivity contribution is -0.116. The number of aliphatic hydroxyl groups excluding tert-OH is 1. The quantitative estimate of drug-likeness (QED) is 0.845. The number of aromatic nitrogens is 1. The van der Waals surface area contributed by atoms with E-state index in [-0.39, 0.29) is 17.5 Å². The number of hydrogen-bond acceptors (Lipinski definition) is 4. The van der Waals surface area contributed by atoms with Crippen LogP contribution in [0.15, 0.2) is 65.0 Å². The summed E-state index contributed by atoms with van der Waals surface area (Å²) >= 11 is 5.78. The zero-order valence-electron chi connectivity index (χ0n) is 13.0.